The topological polar surface area (TPSA) is 106 Å². The van der Waals surface area contributed by atoms with Crippen molar-refractivity contribution in [3.05, 3.63) is 116 Å². The van der Waals surface area contributed by atoms with Crippen LogP contribution in [0.1, 0.15) is 43.7 Å². The number of thiazole rings is 1. The first-order valence-electron chi connectivity index (χ1n) is 12.6. The number of amides is 1. The lowest BCUT2D eigenvalue weighted by atomic mass is 9.95. The highest BCUT2D eigenvalue weighted by molar-refractivity contribution is 7.17. The summed E-state index contributed by atoms with van der Waals surface area (Å²) in [5.41, 5.74) is 3.27. The van der Waals surface area contributed by atoms with Crippen LogP contribution < -0.4 is 9.64 Å². The lowest BCUT2D eigenvalue weighted by Gasteiger charge is -2.23. The molecule has 41 heavy (non-hydrogen) atoms. The number of esters is 1. The van der Waals surface area contributed by atoms with E-state index < -0.39 is 23.7 Å². The first-order valence-corrected chi connectivity index (χ1v) is 13.8. The Morgan fingerprint density at radius 3 is 2.37 bits per heavy atom. The minimum atomic E-state index is -1.01. The number of rotatable bonds is 7. The van der Waals surface area contributed by atoms with Crippen LogP contribution in [0.2, 0.25) is 5.02 Å². The third kappa shape index (κ3) is 5.46. The Hall–Kier alpha value is -4.47. The zero-order chi connectivity index (χ0) is 29.3. The number of hydrogen-bond donors (Lipinski definition) is 1. The van der Waals surface area contributed by atoms with Gasteiger partial charge in [0.05, 0.1) is 24.4 Å². The molecule has 1 aliphatic rings. The van der Waals surface area contributed by atoms with E-state index in [0.717, 1.165) is 22.5 Å². The first-order chi connectivity index (χ1) is 19.7. The monoisotopic (exact) mass is 588 g/mol. The summed E-state index contributed by atoms with van der Waals surface area (Å²) in [5, 5.41) is 12.0. The molecule has 2 heterocycles. The Kier molecular flexibility index (Phi) is 7.92. The predicted octanol–water partition coefficient (Wildman–Crippen LogP) is 6.41. The maximum atomic E-state index is 13.4. The SMILES string of the molecule is COC(=O)c1sc(N2C(=O)C(=O)/C(=C(/O)c3ccc(OCc4ccccc4C)cc3)C2c2ccc(Cl)cc2)nc1C. The van der Waals surface area contributed by atoms with Gasteiger partial charge in [-0.3, -0.25) is 14.5 Å². The standard InChI is InChI=1S/C31H25ClN2O6S/c1-17-6-4-5-7-21(17)16-40-23-14-10-20(11-15-23)26(35)24-25(19-8-12-22(32)13-9-19)34(29(37)27(24)36)31-33-18(2)28(41-31)30(38)39-3/h4-15,25,35H,16H2,1-3H3/b26-24+. The van der Waals surface area contributed by atoms with Crippen molar-refractivity contribution in [3.63, 3.8) is 0 Å². The van der Waals surface area contributed by atoms with E-state index in [9.17, 15) is 19.5 Å². The molecule has 208 valence electrons. The maximum Gasteiger partial charge on any atom is 0.350 e. The summed E-state index contributed by atoms with van der Waals surface area (Å²) in [4.78, 5) is 44.8. The number of methoxy groups -OCH3 is 1. The highest BCUT2D eigenvalue weighted by Crippen LogP contribution is 2.44. The van der Waals surface area contributed by atoms with E-state index in [0.29, 0.717) is 34.2 Å². The highest BCUT2D eigenvalue weighted by atomic mass is 35.5. The number of ketones is 1. The molecule has 0 spiro atoms. The Balaban J connectivity index is 1.53. The van der Waals surface area contributed by atoms with Crippen molar-refractivity contribution in [2.45, 2.75) is 26.5 Å². The molecule has 0 aliphatic carbocycles. The van der Waals surface area contributed by atoms with E-state index in [1.54, 1.807) is 55.5 Å². The lowest BCUT2D eigenvalue weighted by molar-refractivity contribution is -0.132. The second-order valence-corrected chi connectivity index (χ2v) is 10.8. The number of carbonyl (C=O) groups excluding carboxylic acids is 3. The van der Waals surface area contributed by atoms with Gasteiger partial charge in [0.1, 0.15) is 23.0 Å². The molecule has 1 amide bonds. The number of aryl methyl sites for hydroxylation is 2. The van der Waals surface area contributed by atoms with Crippen molar-refractivity contribution in [1.82, 2.24) is 4.98 Å². The van der Waals surface area contributed by atoms with Crippen LogP contribution in [-0.4, -0.2) is 34.9 Å². The number of aromatic nitrogens is 1. The number of benzene rings is 3. The quantitative estimate of drug-likeness (QED) is 0.115. The van der Waals surface area contributed by atoms with Gasteiger partial charge in [0, 0.05) is 10.6 Å². The summed E-state index contributed by atoms with van der Waals surface area (Å²) in [6.07, 6.45) is 0. The molecule has 1 unspecified atom stereocenters. The molecule has 1 saturated heterocycles. The molecule has 3 aromatic carbocycles. The Bertz CT molecular complexity index is 1680. The number of anilines is 1. The van der Waals surface area contributed by atoms with Crippen LogP contribution in [0.15, 0.2) is 78.4 Å². The average Bonchev–Trinajstić information content (AvgIpc) is 3.48. The van der Waals surface area contributed by atoms with Crippen LogP contribution in [0.25, 0.3) is 5.76 Å². The molecule has 1 N–H and O–H groups in total. The Morgan fingerprint density at radius 1 is 1.02 bits per heavy atom. The van der Waals surface area contributed by atoms with Gasteiger partial charge < -0.3 is 14.6 Å². The summed E-state index contributed by atoms with van der Waals surface area (Å²) in [6.45, 7) is 4.00. The summed E-state index contributed by atoms with van der Waals surface area (Å²) in [7, 11) is 1.25. The van der Waals surface area contributed by atoms with Gasteiger partial charge in [0.2, 0.25) is 0 Å². The molecule has 0 saturated carbocycles. The van der Waals surface area contributed by atoms with Gasteiger partial charge in [-0.2, -0.15) is 0 Å². The molecule has 10 heteroatoms. The maximum absolute atomic E-state index is 13.4. The molecule has 0 radical (unpaired) electrons. The average molecular weight is 589 g/mol. The molecule has 1 aromatic heterocycles. The van der Waals surface area contributed by atoms with E-state index in [-0.39, 0.29) is 21.3 Å². The zero-order valence-corrected chi connectivity index (χ0v) is 24.0. The molecule has 4 aromatic rings. The third-order valence-corrected chi connectivity index (χ3v) is 8.16. The van der Waals surface area contributed by atoms with Crippen molar-refractivity contribution < 1.29 is 29.0 Å². The number of halogens is 1. The molecule has 1 aliphatic heterocycles. The largest absolute Gasteiger partial charge is 0.507 e. The van der Waals surface area contributed by atoms with E-state index in [2.05, 4.69) is 4.98 Å². The van der Waals surface area contributed by atoms with Gasteiger partial charge in [0.15, 0.2) is 5.13 Å². The fraction of sp³-hybridized carbons (Fsp3) is 0.161. The van der Waals surface area contributed by atoms with Gasteiger partial charge in [-0.1, -0.05) is 59.3 Å². The van der Waals surface area contributed by atoms with Gasteiger partial charge in [-0.25, -0.2) is 9.78 Å². The van der Waals surface area contributed by atoms with Gasteiger partial charge >= 0.3 is 11.9 Å². The molecular formula is C31H25ClN2O6S. The number of hydrogen-bond acceptors (Lipinski definition) is 8. The van der Waals surface area contributed by atoms with Crippen LogP contribution in [0.4, 0.5) is 5.13 Å². The van der Waals surface area contributed by atoms with Gasteiger partial charge in [-0.15, -0.1) is 0 Å². The summed E-state index contributed by atoms with van der Waals surface area (Å²) < 4.78 is 10.7. The van der Waals surface area contributed by atoms with E-state index in [4.69, 9.17) is 21.1 Å². The molecule has 1 fully saturated rings. The van der Waals surface area contributed by atoms with Crippen LogP contribution in [0.3, 0.4) is 0 Å². The zero-order valence-electron chi connectivity index (χ0n) is 22.4. The van der Waals surface area contributed by atoms with Crippen molar-refractivity contribution in [3.8, 4) is 5.75 Å². The van der Waals surface area contributed by atoms with E-state index in [1.807, 2.05) is 31.2 Å². The van der Waals surface area contributed by atoms with Crippen LogP contribution in [0, 0.1) is 13.8 Å². The van der Waals surface area contributed by atoms with Crippen LogP contribution in [0.5, 0.6) is 5.75 Å². The van der Waals surface area contributed by atoms with Crippen molar-refractivity contribution in [2.24, 2.45) is 0 Å². The van der Waals surface area contributed by atoms with Gasteiger partial charge in [0.25, 0.3) is 5.78 Å². The van der Waals surface area contributed by atoms with Gasteiger partial charge in [-0.05, 0) is 66.9 Å². The predicted molar refractivity (Wildman–Crippen MR) is 156 cm³/mol. The number of carbonyl (C=O) groups is 3. The first kappa shape index (κ1) is 28.1. The fourth-order valence-electron chi connectivity index (χ4n) is 4.56. The Morgan fingerprint density at radius 2 is 1.71 bits per heavy atom. The fourth-order valence-corrected chi connectivity index (χ4v) is 5.69. The van der Waals surface area contributed by atoms with Crippen LogP contribution in [-0.2, 0) is 20.9 Å². The third-order valence-electron chi connectivity index (χ3n) is 6.78. The van der Waals surface area contributed by atoms with Crippen molar-refractivity contribution in [1.29, 1.82) is 0 Å². The minimum absolute atomic E-state index is 0.113. The second kappa shape index (κ2) is 11.6. The summed E-state index contributed by atoms with van der Waals surface area (Å²) in [6, 6.07) is 20.1. The van der Waals surface area contributed by atoms with Crippen LogP contribution >= 0.6 is 22.9 Å². The molecule has 1 atom stereocenters. The Labute approximate surface area is 245 Å². The number of aliphatic hydroxyl groups is 1. The summed E-state index contributed by atoms with van der Waals surface area (Å²) >= 11 is 7.04. The van der Waals surface area contributed by atoms with E-state index >= 15 is 0 Å². The molecular weight excluding hydrogens is 564 g/mol. The normalized spacial score (nSPS) is 16.2. The minimum Gasteiger partial charge on any atom is -0.507 e. The molecule has 0 bridgehead atoms. The molecule has 8 nitrogen and oxygen atoms in total. The number of Topliss-reactive ketones (excluding diaryl/α,β-unsaturated/α-hetero) is 1. The smallest absolute Gasteiger partial charge is 0.350 e. The lowest BCUT2D eigenvalue weighted by Crippen LogP contribution is -2.29. The van der Waals surface area contributed by atoms with E-state index in [1.165, 1.54) is 12.0 Å². The summed E-state index contributed by atoms with van der Waals surface area (Å²) in [5.74, 6) is -2.13. The second-order valence-electron chi connectivity index (χ2n) is 9.36. The van der Waals surface area contributed by atoms with Crippen molar-refractivity contribution >= 4 is 51.5 Å². The highest BCUT2D eigenvalue weighted by Gasteiger charge is 2.48. The van der Waals surface area contributed by atoms with Crippen molar-refractivity contribution in [2.75, 3.05) is 12.0 Å². The number of nitrogens with zero attached hydrogens (tertiary/aromatic N) is 2. The number of aliphatic hydroxyl groups excluding tert-OH is 1. The number of ether oxygens (including phenoxy) is 2. The molecule has 5 rings (SSSR count).